The Hall–Kier alpha value is -0.0231. The predicted octanol–water partition coefficient (Wildman–Crippen LogP) is 4.83. The van der Waals surface area contributed by atoms with Crippen molar-refractivity contribution in [3.63, 3.8) is 0 Å². The van der Waals surface area contributed by atoms with Crippen molar-refractivity contribution in [3.8, 4) is 0 Å². The second-order valence-electron chi connectivity index (χ2n) is 8.36. The van der Waals surface area contributed by atoms with E-state index in [-0.39, 0.29) is 6.61 Å². The summed E-state index contributed by atoms with van der Waals surface area (Å²) in [4.78, 5) is 12.3. The molecule has 0 radical (unpaired) electrons. The van der Waals surface area contributed by atoms with Crippen LogP contribution in [0.4, 0.5) is 8.78 Å². The standard InChI is InChI=1S/C17H32F2O4SSi/c1-9-16(10-2)21-11-12(22-16)13(23-25(6,7)8)17(18,19)14(20)24-15(3,4)5/h12-13H,9-11H2,1-8H3/t12-,13-/m1/s1. The number of ether oxygens (including phenoxy) is 2. The van der Waals surface area contributed by atoms with E-state index >= 15 is 8.78 Å². The third-order valence-electron chi connectivity index (χ3n) is 3.80. The molecule has 1 saturated heterocycles. The van der Waals surface area contributed by atoms with Crippen LogP contribution < -0.4 is 0 Å². The summed E-state index contributed by atoms with van der Waals surface area (Å²) >= 11 is 0.638. The highest BCUT2D eigenvalue weighted by Crippen LogP contribution is 2.41. The van der Waals surface area contributed by atoms with Gasteiger partial charge in [-0.2, -0.15) is 8.78 Å². The van der Waals surface area contributed by atoms with E-state index in [0.717, 1.165) is 0 Å². The van der Waals surface area contributed by atoms with Crippen LogP contribution in [-0.4, -0.2) is 48.7 Å². The first-order valence-corrected chi connectivity index (χ1v) is 13.0. The molecular weight excluding hydrogens is 366 g/mol. The summed E-state index contributed by atoms with van der Waals surface area (Å²) in [5, 5.41) is -1.18. The third-order valence-corrected chi connectivity index (χ3v) is 5.83. The summed E-state index contributed by atoms with van der Waals surface area (Å²) in [6.45, 7) is 14.4. The summed E-state index contributed by atoms with van der Waals surface area (Å²) < 4.78 is 46.8. The molecule has 0 aromatic heterocycles. The minimum atomic E-state index is -3.65. The third kappa shape index (κ3) is 6.27. The van der Waals surface area contributed by atoms with E-state index in [1.54, 1.807) is 20.8 Å². The molecule has 148 valence electrons. The first kappa shape index (κ1) is 23.0. The van der Waals surface area contributed by atoms with E-state index in [1.165, 1.54) is 0 Å². The Kier molecular flexibility index (Phi) is 7.29. The van der Waals surface area contributed by atoms with Gasteiger partial charge in [-0.05, 0) is 32.5 Å². The maximum atomic E-state index is 15.0. The van der Waals surface area contributed by atoms with Crippen LogP contribution in [0, 0.1) is 0 Å². The molecule has 0 saturated carbocycles. The van der Waals surface area contributed by atoms with Gasteiger partial charge in [0.1, 0.15) is 12.2 Å². The van der Waals surface area contributed by atoms with E-state index < -0.39 is 42.1 Å². The van der Waals surface area contributed by atoms with Crippen molar-refractivity contribution in [1.29, 1.82) is 0 Å². The molecule has 1 rings (SSSR count). The molecule has 0 aromatic rings. The van der Waals surface area contributed by atoms with E-state index in [0.29, 0.717) is 24.6 Å². The molecule has 2 atom stereocenters. The van der Waals surface area contributed by atoms with Crippen LogP contribution in [0.2, 0.25) is 19.6 Å². The number of hydrogen-bond donors (Lipinski definition) is 0. The van der Waals surface area contributed by atoms with Gasteiger partial charge in [0.25, 0.3) is 5.12 Å². The normalized spacial score (nSPS) is 22.9. The van der Waals surface area contributed by atoms with Crippen LogP contribution >= 0.6 is 11.8 Å². The Morgan fingerprint density at radius 1 is 1.28 bits per heavy atom. The van der Waals surface area contributed by atoms with E-state index in [1.807, 2.05) is 33.5 Å². The Labute approximate surface area is 155 Å². The number of carbonyl (C=O) groups excluding carboxylic acids is 1. The second-order valence-corrected chi connectivity index (χ2v) is 14.6. The lowest BCUT2D eigenvalue weighted by Gasteiger charge is -2.36. The summed E-state index contributed by atoms with van der Waals surface area (Å²) in [6, 6.07) is 0. The zero-order valence-electron chi connectivity index (χ0n) is 16.6. The average molecular weight is 399 g/mol. The number of thioether (sulfide) groups is 1. The lowest BCUT2D eigenvalue weighted by atomic mass is 10.1. The van der Waals surface area contributed by atoms with Crippen LogP contribution in [0.25, 0.3) is 0 Å². The number of hydrogen-bond acceptors (Lipinski definition) is 5. The minimum Gasteiger partial charge on any atom is -0.406 e. The Morgan fingerprint density at radius 3 is 2.16 bits per heavy atom. The van der Waals surface area contributed by atoms with Gasteiger partial charge in [-0.25, -0.2) is 0 Å². The molecule has 4 nitrogen and oxygen atoms in total. The maximum Gasteiger partial charge on any atom is 0.342 e. The number of carbonyl (C=O) groups is 1. The van der Waals surface area contributed by atoms with Gasteiger partial charge in [-0.15, -0.1) is 0 Å². The van der Waals surface area contributed by atoms with Crippen molar-refractivity contribution in [2.75, 3.05) is 6.61 Å². The van der Waals surface area contributed by atoms with Crippen molar-refractivity contribution in [2.24, 2.45) is 0 Å². The highest BCUT2D eigenvalue weighted by atomic mass is 32.2. The molecule has 0 aliphatic carbocycles. The molecule has 0 unspecified atom stereocenters. The zero-order chi connectivity index (χ0) is 19.7. The molecule has 1 aliphatic heterocycles. The fourth-order valence-corrected chi connectivity index (χ4v) is 4.44. The van der Waals surface area contributed by atoms with Crippen molar-refractivity contribution < 1.29 is 27.5 Å². The fourth-order valence-electron chi connectivity index (χ4n) is 2.57. The summed E-state index contributed by atoms with van der Waals surface area (Å²) in [7, 11) is -2.35. The maximum absolute atomic E-state index is 15.0. The van der Waals surface area contributed by atoms with Gasteiger partial charge in [0, 0.05) is 4.75 Å². The van der Waals surface area contributed by atoms with Crippen LogP contribution in [0.3, 0.4) is 0 Å². The average Bonchev–Trinajstić information content (AvgIpc) is 2.86. The molecule has 1 fully saturated rings. The number of halogens is 2. The Bertz CT molecular complexity index is 470. The van der Waals surface area contributed by atoms with Crippen LogP contribution in [0.5, 0.6) is 0 Å². The molecule has 0 aromatic carbocycles. The van der Waals surface area contributed by atoms with Crippen LogP contribution in [0.1, 0.15) is 47.5 Å². The zero-order valence-corrected chi connectivity index (χ0v) is 18.4. The molecule has 0 bridgehead atoms. The summed E-state index contributed by atoms with van der Waals surface area (Å²) in [5.74, 6) is -4.52. The van der Waals surface area contributed by atoms with Gasteiger partial charge in [0.05, 0.1) is 6.61 Å². The topological polar surface area (TPSA) is 44.8 Å². The molecule has 25 heavy (non-hydrogen) atoms. The van der Waals surface area contributed by atoms with E-state index in [4.69, 9.17) is 13.9 Å². The Morgan fingerprint density at radius 2 is 1.80 bits per heavy atom. The highest BCUT2D eigenvalue weighted by molar-refractivity contribution is 8.14. The number of alkyl halides is 2. The van der Waals surface area contributed by atoms with Gasteiger partial charge < -0.3 is 13.9 Å². The van der Waals surface area contributed by atoms with E-state index in [2.05, 4.69) is 0 Å². The first-order chi connectivity index (χ1) is 11.2. The molecule has 8 heteroatoms. The summed E-state index contributed by atoms with van der Waals surface area (Å²) in [6.07, 6.45) is -1.50. The first-order valence-electron chi connectivity index (χ1n) is 8.76. The van der Waals surface area contributed by atoms with Crippen molar-refractivity contribution in [1.82, 2.24) is 0 Å². The fraction of sp³-hybridized carbons (Fsp3) is 0.941. The van der Waals surface area contributed by atoms with Gasteiger partial charge in [0.2, 0.25) is 0 Å². The summed E-state index contributed by atoms with van der Waals surface area (Å²) in [5.41, 5.74) is 0. The van der Waals surface area contributed by atoms with Crippen molar-refractivity contribution >= 4 is 25.2 Å². The quantitative estimate of drug-likeness (QED) is 0.575. The van der Waals surface area contributed by atoms with Gasteiger partial charge in [-0.1, -0.05) is 46.4 Å². The van der Waals surface area contributed by atoms with E-state index in [9.17, 15) is 4.79 Å². The smallest absolute Gasteiger partial charge is 0.342 e. The minimum absolute atomic E-state index is 0.000118. The highest BCUT2D eigenvalue weighted by Gasteiger charge is 2.57. The van der Waals surface area contributed by atoms with Gasteiger partial charge in [-0.3, -0.25) is 4.79 Å². The number of rotatable bonds is 7. The lowest BCUT2D eigenvalue weighted by Crippen LogP contribution is -2.54. The van der Waals surface area contributed by atoms with Crippen molar-refractivity contribution in [2.45, 2.75) is 95.8 Å². The van der Waals surface area contributed by atoms with Crippen LogP contribution in [0.15, 0.2) is 0 Å². The predicted molar refractivity (Wildman–Crippen MR) is 99.7 cm³/mol. The lowest BCUT2D eigenvalue weighted by molar-refractivity contribution is -0.201. The molecule has 0 spiro atoms. The Balaban J connectivity index is 3.10. The SMILES string of the molecule is CCC1(CC)OC[C@H]([C@@H](O[Si](C)(C)C)C(F)(F)C(=O)SC(C)(C)C)O1. The molecule has 0 amide bonds. The van der Waals surface area contributed by atoms with Crippen LogP contribution in [-0.2, 0) is 18.7 Å². The molecule has 1 aliphatic rings. The second kappa shape index (κ2) is 7.92. The largest absolute Gasteiger partial charge is 0.406 e. The molecule has 1 heterocycles. The van der Waals surface area contributed by atoms with Gasteiger partial charge >= 0.3 is 5.92 Å². The molecular formula is C17H32F2O4SSi. The van der Waals surface area contributed by atoms with Gasteiger partial charge in [0.15, 0.2) is 14.1 Å². The van der Waals surface area contributed by atoms with Crippen molar-refractivity contribution in [3.05, 3.63) is 0 Å². The monoisotopic (exact) mass is 398 g/mol. The molecule has 0 N–H and O–H groups in total.